The molecule has 2 rings (SSSR count). The second-order valence-electron chi connectivity index (χ2n) is 4.36. The molecule has 0 unspecified atom stereocenters. The molecule has 0 spiro atoms. The number of halogens is 1. The summed E-state index contributed by atoms with van der Waals surface area (Å²) >= 11 is 5.78. The highest BCUT2D eigenvalue weighted by Gasteiger charge is 2.13. The van der Waals surface area contributed by atoms with Crippen LogP contribution in [-0.2, 0) is 4.79 Å². The van der Waals surface area contributed by atoms with E-state index in [9.17, 15) is 4.79 Å². The Bertz CT molecular complexity index is 612. The number of hydrogen-bond acceptors (Lipinski definition) is 3. The minimum absolute atomic E-state index is 0.316. The van der Waals surface area contributed by atoms with E-state index in [-0.39, 0.29) is 5.91 Å². The molecule has 0 saturated carbocycles. The monoisotopic (exact) mass is 302 g/mol. The standard InChI is InChI=1S/C16H15ClN2O2/c1-12(21-15-5-3-2-4-6-15)16(20)19-18-11-13-7-9-14(17)10-8-13/h2-12H,1H3,(H,19,20)/b18-11+/t12-/m1/s1. The van der Waals surface area contributed by atoms with E-state index >= 15 is 0 Å². The van der Waals surface area contributed by atoms with Gasteiger partial charge in [-0.15, -0.1) is 0 Å². The molecule has 4 nitrogen and oxygen atoms in total. The summed E-state index contributed by atoms with van der Waals surface area (Å²) in [5.74, 6) is 0.325. The van der Waals surface area contributed by atoms with E-state index in [0.717, 1.165) is 5.56 Å². The Kier molecular flexibility index (Phi) is 5.35. The van der Waals surface area contributed by atoms with Crippen LogP contribution in [0.25, 0.3) is 0 Å². The van der Waals surface area contributed by atoms with Gasteiger partial charge in [-0.25, -0.2) is 5.43 Å². The zero-order valence-corrected chi connectivity index (χ0v) is 12.2. The number of rotatable bonds is 5. The highest BCUT2D eigenvalue weighted by atomic mass is 35.5. The van der Waals surface area contributed by atoms with Crippen molar-refractivity contribution in [3.8, 4) is 5.75 Å². The summed E-state index contributed by atoms with van der Waals surface area (Å²) in [6, 6.07) is 16.3. The van der Waals surface area contributed by atoms with Crippen LogP contribution >= 0.6 is 11.6 Å². The first-order valence-electron chi connectivity index (χ1n) is 6.45. The Morgan fingerprint density at radius 2 is 1.86 bits per heavy atom. The normalized spacial score (nSPS) is 12.1. The number of hydrogen-bond donors (Lipinski definition) is 1. The lowest BCUT2D eigenvalue weighted by atomic mass is 10.2. The van der Waals surface area contributed by atoms with Crippen LogP contribution in [0.5, 0.6) is 5.75 Å². The number of carbonyl (C=O) groups is 1. The fourth-order valence-electron chi connectivity index (χ4n) is 1.57. The third-order valence-corrected chi connectivity index (χ3v) is 2.94. The van der Waals surface area contributed by atoms with Gasteiger partial charge in [-0.3, -0.25) is 4.79 Å². The molecular weight excluding hydrogens is 288 g/mol. The van der Waals surface area contributed by atoms with Crippen LogP contribution in [0.2, 0.25) is 5.02 Å². The van der Waals surface area contributed by atoms with Crippen LogP contribution in [0, 0.1) is 0 Å². The van der Waals surface area contributed by atoms with Crippen molar-refractivity contribution in [2.75, 3.05) is 0 Å². The molecule has 0 heterocycles. The number of benzene rings is 2. The Hall–Kier alpha value is -2.33. The smallest absolute Gasteiger partial charge is 0.280 e. The Labute approximate surface area is 128 Å². The lowest BCUT2D eigenvalue weighted by Gasteiger charge is -2.12. The van der Waals surface area contributed by atoms with Gasteiger partial charge >= 0.3 is 0 Å². The van der Waals surface area contributed by atoms with E-state index in [0.29, 0.717) is 10.8 Å². The summed E-state index contributed by atoms with van der Waals surface area (Å²) in [6.07, 6.45) is 0.915. The quantitative estimate of drug-likeness (QED) is 0.681. The van der Waals surface area contributed by atoms with Crippen LogP contribution in [0.4, 0.5) is 0 Å². The van der Waals surface area contributed by atoms with Gasteiger partial charge in [0.15, 0.2) is 6.10 Å². The van der Waals surface area contributed by atoms with Gasteiger partial charge in [0, 0.05) is 5.02 Å². The van der Waals surface area contributed by atoms with Crippen LogP contribution in [-0.4, -0.2) is 18.2 Å². The van der Waals surface area contributed by atoms with Crippen LogP contribution in [0.1, 0.15) is 12.5 Å². The topological polar surface area (TPSA) is 50.7 Å². The largest absolute Gasteiger partial charge is 0.481 e. The molecule has 0 bridgehead atoms. The molecule has 5 heteroatoms. The third-order valence-electron chi connectivity index (χ3n) is 2.68. The third kappa shape index (κ3) is 4.93. The average molecular weight is 303 g/mol. The van der Waals surface area contributed by atoms with Crippen molar-refractivity contribution < 1.29 is 9.53 Å². The van der Waals surface area contributed by atoms with E-state index in [4.69, 9.17) is 16.3 Å². The Morgan fingerprint density at radius 3 is 2.52 bits per heavy atom. The predicted octanol–water partition coefficient (Wildman–Crippen LogP) is 3.26. The van der Waals surface area contributed by atoms with Crippen molar-refractivity contribution in [3.63, 3.8) is 0 Å². The van der Waals surface area contributed by atoms with Crippen molar-refractivity contribution in [2.24, 2.45) is 5.10 Å². The molecule has 0 fully saturated rings. The summed E-state index contributed by atoms with van der Waals surface area (Å²) in [4.78, 5) is 11.8. The van der Waals surface area contributed by atoms with Gasteiger partial charge in [0.05, 0.1) is 6.21 Å². The number of amides is 1. The van der Waals surface area contributed by atoms with Crippen molar-refractivity contribution in [1.82, 2.24) is 5.43 Å². The highest BCUT2D eigenvalue weighted by Crippen LogP contribution is 2.10. The first-order chi connectivity index (χ1) is 10.1. The number of nitrogens with one attached hydrogen (secondary N) is 1. The summed E-state index contributed by atoms with van der Waals surface area (Å²) in [5, 5.41) is 4.54. The molecule has 0 aromatic heterocycles. The van der Waals surface area contributed by atoms with Gasteiger partial charge in [-0.05, 0) is 36.8 Å². The summed E-state index contributed by atoms with van der Waals surface area (Å²) in [6.45, 7) is 1.67. The molecule has 21 heavy (non-hydrogen) atoms. The van der Waals surface area contributed by atoms with Gasteiger partial charge < -0.3 is 4.74 Å². The van der Waals surface area contributed by atoms with E-state index < -0.39 is 6.10 Å². The molecule has 0 aliphatic rings. The van der Waals surface area contributed by atoms with E-state index in [1.807, 2.05) is 30.3 Å². The first-order valence-corrected chi connectivity index (χ1v) is 6.83. The van der Waals surface area contributed by atoms with Crippen LogP contribution < -0.4 is 10.2 Å². The van der Waals surface area contributed by atoms with E-state index in [1.54, 1.807) is 37.4 Å². The molecular formula is C16H15ClN2O2. The fraction of sp³-hybridized carbons (Fsp3) is 0.125. The first kappa shape index (κ1) is 15.1. The summed E-state index contributed by atoms with van der Waals surface area (Å²) in [7, 11) is 0. The molecule has 0 aliphatic heterocycles. The lowest BCUT2D eigenvalue weighted by Crippen LogP contribution is -2.33. The van der Waals surface area contributed by atoms with Gasteiger partial charge in [-0.2, -0.15) is 5.10 Å². The molecule has 1 N–H and O–H groups in total. The maximum Gasteiger partial charge on any atom is 0.280 e. The molecule has 1 amide bonds. The zero-order valence-electron chi connectivity index (χ0n) is 11.5. The molecule has 1 atom stereocenters. The molecule has 2 aromatic rings. The van der Waals surface area contributed by atoms with Crippen molar-refractivity contribution >= 4 is 23.7 Å². The van der Waals surface area contributed by atoms with Crippen molar-refractivity contribution in [2.45, 2.75) is 13.0 Å². The van der Waals surface area contributed by atoms with Crippen LogP contribution in [0.3, 0.4) is 0 Å². The lowest BCUT2D eigenvalue weighted by molar-refractivity contribution is -0.127. The molecule has 0 saturated heterocycles. The minimum atomic E-state index is -0.630. The maximum atomic E-state index is 11.8. The number of nitrogens with zero attached hydrogens (tertiary/aromatic N) is 1. The Balaban J connectivity index is 1.85. The van der Waals surface area contributed by atoms with Gasteiger partial charge in [0.1, 0.15) is 5.75 Å². The molecule has 0 radical (unpaired) electrons. The average Bonchev–Trinajstić information content (AvgIpc) is 2.50. The van der Waals surface area contributed by atoms with E-state index in [2.05, 4.69) is 10.5 Å². The van der Waals surface area contributed by atoms with Gasteiger partial charge in [-0.1, -0.05) is 41.9 Å². The SMILES string of the molecule is C[C@@H](Oc1ccccc1)C(=O)N/N=C/c1ccc(Cl)cc1. The highest BCUT2D eigenvalue weighted by molar-refractivity contribution is 6.30. The summed E-state index contributed by atoms with van der Waals surface area (Å²) < 4.78 is 5.49. The van der Waals surface area contributed by atoms with Gasteiger partial charge in [0.25, 0.3) is 5.91 Å². The van der Waals surface area contributed by atoms with Crippen LogP contribution in [0.15, 0.2) is 59.7 Å². The van der Waals surface area contributed by atoms with Crippen molar-refractivity contribution in [3.05, 3.63) is 65.2 Å². The second-order valence-corrected chi connectivity index (χ2v) is 4.80. The predicted molar refractivity (Wildman–Crippen MR) is 83.7 cm³/mol. The molecule has 108 valence electrons. The fourth-order valence-corrected chi connectivity index (χ4v) is 1.69. The molecule has 0 aliphatic carbocycles. The summed E-state index contributed by atoms with van der Waals surface area (Å²) in [5.41, 5.74) is 3.28. The minimum Gasteiger partial charge on any atom is -0.481 e. The zero-order chi connectivity index (χ0) is 15.1. The molecule has 2 aromatic carbocycles. The Morgan fingerprint density at radius 1 is 1.19 bits per heavy atom. The number of ether oxygens (including phenoxy) is 1. The number of para-hydroxylation sites is 1. The second kappa shape index (κ2) is 7.45. The van der Waals surface area contributed by atoms with Gasteiger partial charge in [0.2, 0.25) is 0 Å². The number of hydrazone groups is 1. The van der Waals surface area contributed by atoms with E-state index in [1.165, 1.54) is 0 Å². The van der Waals surface area contributed by atoms with Crippen molar-refractivity contribution in [1.29, 1.82) is 0 Å². The maximum absolute atomic E-state index is 11.8. The number of carbonyl (C=O) groups excluding carboxylic acids is 1.